The van der Waals surface area contributed by atoms with Crippen LogP contribution in [-0.4, -0.2) is 17.5 Å². The molecule has 0 radical (unpaired) electrons. The molecule has 1 rings (SSSR count). The predicted molar refractivity (Wildman–Crippen MR) is 62.0 cm³/mol. The van der Waals surface area contributed by atoms with E-state index in [1.54, 1.807) is 6.92 Å². The first kappa shape index (κ1) is 12.7. The van der Waals surface area contributed by atoms with E-state index in [1.165, 1.54) is 19.3 Å². The molecule has 1 aliphatic rings. The monoisotopic (exact) mass is 212 g/mol. The van der Waals surface area contributed by atoms with Crippen molar-refractivity contribution in [2.45, 2.75) is 77.4 Å². The van der Waals surface area contributed by atoms with Crippen LogP contribution < -0.4 is 0 Å². The molecule has 0 aromatic carbocycles. The zero-order chi connectivity index (χ0) is 11.3. The maximum Gasteiger partial charge on any atom is 0.161 e. The van der Waals surface area contributed by atoms with E-state index in [1.807, 2.05) is 13.8 Å². The van der Waals surface area contributed by atoms with Crippen molar-refractivity contribution in [1.29, 1.82) is 0 Å². The Kier molecular flexibility index (Phi) is 4.78. The van der Waals surface area contributed by atoms with Gasteiger partial charge in [0.05, 0.1) is 6.10 Å². The number of hydrogen-bond donors (Lipinski definition) is 0. The highest BCUT2D eigenvalue weighted by atomic mass is 16.5. The van der Waals surface area contributed by atoms with Crippen molar-refractivity contribution in [2.24, 2.45) is 0 Å². The van der Waals surface area contributed by atoms with E-state index in [4.69, 9.17) is 4.74 Å². The fourth-order valence-electron chi connectivity index (χ4n) is 2.50. The molecule has 0 spiro atoms. The van der Waals surface area contributed by atoms with Gasteiger partial charge in [-0.2, -0.15) is 0 Å². The van der Waals surface area contributed by atoms with Gasteiger partial charge in [0.15, 0.2) is 5.78 Å². The van der Waals surface area contributed by atoms with Gasteiger partial charge >= 0.3 is 0 Å². The van der Waals surface area contributed by atoms with Gasteiger partial charge in [-0.05, 0) is 32.6 Å². The average molecular weight is 212 g/mol. The summed E-state index contributed by atoms with van der Waals surface area (Å²) in [7, 11) is 0. The maximum atomic E-state index is 11.7. The van der Waals surface area contributed by atoms with Gasteiger partial charge in [0.1, 0.15) is 5.60 Å². The molecule has 0 atom stereocenters. The second kappa shape index (κ2) is 5.64. The highest BCUT2D eigenvalue weighted by Gasteiger charge is 2.35. The second-order valence-corrected chi connectivity index (χ2v) is 4.64. The number of hydrogen-bond acceptors (Lipinski definition) is 2. The molecular weight excluding hydrogens is 188 g/mol. The molecule has 0 heterocycles. The molecule has 15 heavy (non-hydrogen) atoms. The van der Waals surface area contributed by atoms with Gasteiger partial charge in [-0.15, -0.1) is 0 Å². The Labute approximate surface area is 93.4 Å². The van der Waals surface area contributed by atoms with Crippen LogP contribution in [0.15, 0.2) is 0 Å². The van der Waals surface area contributed by atoms with Crippen LogP contribution in [0, 0.1) is 0 Å². The summed E-state index contributed by atoms with van der Waals surface area (Å²) in [4.78, 5) is 11.7. The second-order valence-electron chi connectivity index (χ2n) is 4.64. The normalized spacial score (nSPS) is 19.1. The zero-order valence-corrected chi connectivity index (χ0v) is 10.3. The smallest absolute Gasteiger partial charge is 0.161 e. The van der Waals surface area contributed by atoms with Crippen molar-refractivity contribution < 1.29 is 9.53 Å². The van der Waals surface area contributed by atoms with E-state index < -0.39 is 5.60 Å². The lowest BCUT2D eigenvalue weighted by molar-refractivity contribution is -0.155. The molecule has 0 aromatic heterocycles. The van der Waals surface area contributed by atoms with Crippen LogP contribution in [0.3, 0.4) is 0 Å². The number of ether oxygens (including phenoxy) is 1. The molecule has 0 N–H and O–H groups in total. The van der Waals surface area contributed by atoms with Crippen LogP contribution in [0.4, 0.5) is 0 Å². The SMILES string of the molecule is CCC(CC)(OC1CCCCC1)C(C)=O. The molecule has 2 heteroatoms. The summed E-state index contributed by atoms with van der Waals surface area (Å²) in [5, 5.41) is 0. The Morgan fingerprint density at radius 1 is 1.20 bits per heavy atom. The standard InChI is InChI=1S/C13H24O2/c1-4-13(5-2,11(3)14)15-12-9-7-6-8-10-12/h12H,4-10H2,1-3H3. The van der Waals surface area contributed by atoms with Crippen molar-refractivity contribution in [3.8, 4) is 0 Å². The Hall–Kier alpha value is -0.370. The van der Waals surface area contributed by atoms with Gasteiger partial charge in [0.2, 0.25) is 0 Å². The summed E-state index contributed by atoms with van der Waals surface area (Å²) in [5.41, 5.74) is -0.498. The van der Waals surface area contributed by atoms with E-state index in [0.717, 1.165) is 25.7 Å². The summed E-state index contributed by atoms with van der Waals surface area (Å²) < 4.78 is 6.09. The number of rotatable bonds is 5. The van der Waals surface area contributed by atoms with E-state index in [-0.39, 0.29) is 5.78 Å². The average Bonchev–Trinajstić information content (AvgIpc) is 2.27. The number of ketones is 1. The van der Waals surface area contributed by atoms with Crippen molar-refractivity contribution in [3.63, 3.8) is 0 Å². The summed E-state index contributed by atoms with van der Waals surface area (Å²) in [5.74, 6) is 0.193. The molecule has 0 bridgehead atoms. The van der Waals surface area contributed by atoms with Crippen LogP contribution in [0.5, 0.6) is 0 Å². The summed E-state index contributed by atoms with van der Waals surface area (Å²) in [6, 6.07) is 0. The third kappa shape index (κ3) is 3.04. The molecule has 1 saturated carbocycles. The quantitative estimate of drug-likeness (QED) is 0.697. The van der Waals surface area contributed by atoms with E-state index in [9.17, 15) is 4.79 Å². The van der Waals surface area contributed by atoms with Gasteiger partial charge in [0.25, 0.3) is 0 Å². The first-order valence-corrected chi connectivity index (χ1v) is 6.33. The molecule has 1 fully saturated rings. The van der Waals surface area contributed by atoms with Crippen LogP contribution in [0.25, 0.3) is 0 Å². The van der Waals surface area contributed by atoms with Crippen molar-refractivity contribution in [3.05, 3.63) is 0 Å². The minimum Gasteiger partial charge on any atom is -0.364 e. The van der Waals surface area contributed by atoms with E-state index >= 15 is 0 Å². The first-order chi connectivity index (χ1) is 7.14. The number of Topliss-reactive ketones (excluding diaryl/α,β-unsaturated/α-hetero) is 1. The lowest BCUT2D eigenvalue weighted by atomic mass is 9.90. The molecule has 0 unspecified atom stereocenters. The summed E-state index contributed by atoms with van der Waals surface area (Å²) in [6.45, 7) is 5.76. The minimum atomic E-state index is -0.498. The Morgan fingerprint density at radius 2 is 1.73 bits per heavy atom. The lowest BCUT2D eigenvalue weighted by Gasteiger charge is -2.35. The number of carbonyl (C=O) groups is 1. The fourth-order valence-corrected chi connectivity index (χ4v) is 2.50. The summed E-state index contributed by atoms with van der Waals surface area (Å²) in [6.07, 6.45) is 8.03. The third-order valence-electron chi connectivity index (χ3n) is 3.73. The molecule has 0 amide bonds. The topological polar surface area (TPSA) is 26.3 Å². The summed E-state index contributed by atoms with van der Waals surface area (Å²) >= 11 is 0. The zero-order valence-electron chi connectivity index (χ0n) is 10.3. The third-order valence-corrected chi connectivity index (χ3v) is 3.73. The molecule has 88 valence electrons. The predicted octanol–water partition coefficient (Wildman–Crippen LogP) is 3.48. The van der Waals surface area contributed by atoms with Crippen molar-refractivity contribution in [2.75, 3.05) is 0 Å². The molecular formula is C13H24O2. The molecule has 0 aromatic rings. The van der Waals surface area contributed by atoms with Crippen LogP contribution >= 0.6 is 0 Å². The fraction of sp³-hybridized carbons (Fsp3) is 0.923. The molecule has 1 aliphatic carbocycles. The van der Waals surface area contributed by atoms with E-state index in [2.05, 4.69) is 0 Å². The molecule has 0 saturated heterocycles. The minimum absolute atomic E-state index is 0.193. The van der Waals surface area contributed by atoms with Gasteiger partial charge < -0.3 is 4.74 Å². The molecule has 2 nitrogen and oxygen atoms in total. The Morgan fingerprint density at radius 3 is 2.13 bits per heavy atom. The maximum absolute atomic E-state index is 11.7. The van der Waals surface area contributed by atoms with Gasteiger partial charge in [0, 0.05) is 0 Å². The van der Waals surface area contributed by atoms with Crippen LogP contribution in [0.1, 0.15) is 65.7 Å². The lowest BCUT2D eigenvalue weighted by Crippen LogP contribution is -2.42. The van der Waals surface area contributed by atoms with E-state index in [0.29, 0.717) is 6.10 Å². The van der Waals surface area contributed by atoms with Crippen molar-refractivity contribution >= 4 is 5.78 Å². The van der Waals surface area contributed by atoms with Gasteiger partial charge in [-0.3, -0.25) is 4.79 Å². The van der Waals surface area contributed by atoms with Crippen molar-refractivity contribution in [1.82, 2.24) is 0 Å². The van der Waals surface area contributed by atoms with Crippen LogP contribution in [-0.2, 0) is 9.53 Å². The Balaban J connectivity index is 2.60. The Bertz CT molecular complexity index is 201. The number of carbonyl (C=O) groups excluding carboxylic acids is 1. The largest absolute Gasteiger partial charge is 0.364 e. The van der Waals surface area contributed by atoms with Gasteiger partial charge in [-0.25, -0.2) is 0 Å². The van der Waals surface area contributed by atoms with Crippen LogP contribution in [0.2, 0.25) is 0 Å². The highest BCUT2D eigenvalue weighted by Crippen LogP contribution is 2.29. The highest BCUT2D eigenvalue weighted by molar-refractivity contribution is 5.84. The molecule has 0 aliphatic heterocycles. The van der Waals surface area contributed by atoms with Gasteiger partial charge in [-0.1, -0.05) is 33.1 Å². The first-order valence-electron chi connectivity index (χ1n) is 6.33.